The van der Waals surface area contributed by atoms with Gasteiger partial charge in [-0.1, -0.05) is 0 Å². The lowest BCUT2D eigenvalue weighted by Crippen LogP contribution is -2.51. The van der Waals surface area contributed by atoms with Crippen molar-refractivity contribution in [2.45, 2.75) is 25.4 Å². The van der Waals surface area contributed by atoms with E-state index in [0.29, 0.717) is 0 Å². The van der Waals surface area contributed by atoms with Crippen molar-refractivity contribution in [3.05, 3.63) is 28.5 Å². The first-order chi connectivity index (χ1) is 8.31. The summed E-state index contributed by atoms with van der Waals surface area (Å²) in [5.41, 5.74) is 1.17. The lowest BCUT2D eigenvalue weighted by Gasteiger charge is -2.33. The summed E-state index contributed by atoms with van der Waals surface area (Å²) in [5, 5.41) is 3.64. The number of rotatable bonds is 3. The van der Waals surface area contributed by atoms with E-state index in [1.165, 1.54) is 25.1 Å². The van der Waals surface area contributed by atoms with Crippen molar-refractivity contribution in [3.63, 3.8) is 0 Å². The summed E-state index contributed by atoms with van der Waals surface area (Å²) in [6, 6.07) is 4.90. The van der Waals surface area contributed by atoms with Crippen LogP contribution in [0.4, 0.5) is 0 Å². The highest BCUT2D eigenvalue weighted by molar-refractivity contribution is 9.10. The quantitative estimate of drug-likeness (QED) is 0.925. The topological polar surface area (TPSA) is 28.2 Å². The van der Waals surface area contributed by atoms with Gasteiger partial charge in [-0.15, -0.1) is 0 Å². The van der Waals surface area contributed by atoms with Gasteiger partial charge >= 0.3 is 0 Å². The molecule has 2 heterocycles. The number of hydrogen-bond donors (Lipinski definition) is 1. The molecule has 1 unspecified atom stereocenters. The second-order valence-corrected chi connectivity index (χ2v) is 6.02. The van der Waals surface area contributed by atoms with Crippen molar-refractivity contribution >= 4 is 15.9 Å². The maximum Gasteiger partial charge on any atom is 0.0544 e. The van der Waals surface area contributed by atoms with Gasteiger partial charge < -0.3 is 5.32 Å². The summed E-state index contributed by atoms with van der Waals surface area (Å²) in [7, 11) is 0. The molecule has 0 amide bonds. The van der Waals surface area contributed by atoms with Crippen LogP contribution in [-0.4, -0.2) is 35.6 Å². The zero-order valence-electron chi connectivity index (χ0n) is 9.90. The first-order valence-corrected chi connectivity index (χ1v) is 7.17. The molecule has 1 saturated heterocycles. The normalized spacial score (nSPS) is 26.1. The Kier molecular flexibility index (Phi) is 3.45. The van der Waals surface area contributed by atoms with Crippen LogP contribution in [0.1, 0.15) is 18.5 Å². The average Bonchev–Trinajstić information content (AvgIpc) is 3.17. The zero-order valence-corrected chi connectivity index (χ0v) is 11.5. The highest BCUT2D eigenvalue weighted by Crippen LogP contribution is 2.33. The second-order valence-electron chi connectivity index (χ2n) is 5.10. The fourth-order valence-corrected chi connectivity index (χ4v) is 2.76. The maximum absolute atomic E-state index is 4.45. The van der Waals surface area contributed by atoms with E-state index in [4.69, 9.17) is 0 Å². The molecule has 3 nitrogen and oxygen atoms in total. The molecule has 2 fully saturated rings. The molecule has 0 spiro atoms. The van der Waals surface area contributed by atoms with Crippen molar-refractivity contribution in [3.8, 4) is 0 Å². The van der Waals surface area contributed by atoms with Gasteiger partial charge in [-0.2, -0.15) is 0 Å². The first kappa shape index (κ1) is 11.6. The molecular formula is C13H18BrN3. The van der Waals surface area contributed by atoms with Gasteiger partial charge in [0.1, 0.15) is 0 Å². The molecule has 0 aromatic carbocycles. The summed E-state index contributed by atoms with van der Waals surface area (Å²) < 4.78 is 1.05. The predicted molar refractivity (Wildman–Crippen MR) is 71.7 cm³/mol. The third-order valence-electron chi connectivity index (χ3n) is 3.65. The molecular weight excluding hydrogens is 278 g/mol. The van der Waals surface area contributed by atoms with E-state index < -0.39 is 0 Å². The number of halogens is 1. The highest BCUT2D eigenvalue weighted by Gasteiger charge is 2.33. The molecule has 3 rings (SSSR count). The molecule has 1 N–H and O–H groups in total. The molecule has 1 aromatic rings. The van der Waals surface area contributed by atoms with Gasteiger partial charge in [0.05, 0.1) is 5.69 Å². The van der Waals surface area contributed by atoms with E-state index in [1.807, 2.05) is 6.20 Å². The van der Waals surface area contributed by atoms with Crippen LogP contribution in [0.2, 0.25) is 0 Å². The molecule has 2 aliphatic rings. The third-order valence-corrected chi connectivity index (χ3v) is 4.12. The lowest BCUT2D eigenvalue weighted by atomic mass is 10.1. The average molecular weight is 296 g/mol. The van der Waals surface area contributed by atoms with E-state index >= 15 is 0 Å². The molecule has 0 radical (unpaired) electrons. The van der Waals surface area contributed by atoms with E-state index in [9.17, 15) is 0 Å². The summed E-state index contributed by atoms with van der Waals surface area (Å²) in [4.78, 5) is 6.97. The largest absolute Gasteiger partial charge is 0.311 e. The van der Waals surface area contributed by atoms with E-state index in [2.05, 4.69) is 43.3 Å². The molecule has 1 aliphatic carbocycles. The van der Waals surface area contributed by atoms with Gasteiger partial charge in [0.2, 0.25) is 0 Å². The van der Waals surface area contributed by atoms with Gasteiger partial charge in [0.25, 0.3) is 0 Å². The van der Waals surface area contributed by atoms with Crippen molar-refractivity contribution in [1.82, 2.24) is 15.2 Å². The fraction of sp³-hybridized carbons (Fsp3) is 0.615. The Morgan fingerprint density at radius 3 is 3.00 bits per heavy atom. The number of aromatic nitrogens is 1. The Hall–Kier alpha value is -0.450. The minimum atomic E-state index is 0.721. The van der Waals surface area contributed by atoms with E-state index in [1.54, 1.807) is 0 Å². The summed E-state index contributed by atoms with van der Waals surface area (Å²) >= 11 is 3.42. The molecule has 1 saturated carbocycles. The molecule has 0 bridgehead atoms. The van der Waals surface area contributed by atoms with Crippen LogP contribution in [-0.2, 0) is 6.54 Å². The molecule has 92 valence electrons. The van der Waals surface area contributed by atoms with Gasteiger partial charge in [0, 0.05) is 42.9 Å². The molecule has 1 atom stereocenters. The predicted octanol–water partition coefficient (Wildman–Crippen LogP) is 2.03. The summed E-state index contributed by atoms with van der Waals surface area (Å²) in [6.07, 6.45) is 4.72. The Balaban J connectivity index is 1.58. The monoisotopic (exact) mass is 295 g/mol. The number of pyridine rings is 1. The Labute approximate surface area is 111 Å². The number of hydrogen-bond acceptors (Lipinski definition) is 3. The molecule has 1 aromatic heterocycles. The third kappa shape index (κ3) is 3.06. The van der Waals surface area contributed by atoms with Crippen LogP contribution in [0, 0.1) is 5.92 Å². The van der Waals surface area contributed by atoms with Gasteiger partial charge in [-0.3, -0.25) is 9.88 Å². The van der Waals surface area contributed by atoms with Gasteiger partial charge in [-0.05, 0) is 46.8 Å². The lowest BCUT2D eigenvalue weighted by molar-refractivity contribution is 0.180. The number of piperazine rings is 1. The first-order valence-electron chi connectivity index (χ1n) is 6.37. The Morgan fingerprint density at radius 2 is 2.29 bits per heavy atom. The minimum Gasteiger partial charge on any atom is -0.311 e. The van der Waals surface area contributed by atoms with Crippen molar-refractivity contribution in [1.29, 1.82) is 0 Å². The number of nitrogens with one attached hydrogen (secondary N) is 1. The number of nitrogens with zero attached hydrogens (tertiary/aromatic N) is 2. The van der Waals surface area contributed by atoms with Crippen LogP contribution < -0.4 is 5.32 Å². The molecule has 1 aliphatic heterocycles. The zero-order chi connectivity index (χ0) is 11.7. The smallest absolute Gasteiger partial charge is 0.0544 e. The van der Waals surface area contributed by atoms with Crippen LogP contribution >= 0.6 is 15.9 Å². The maximum atomic E-state index is 4.45. The standard InChI is InChI=1S/C13H18BrN3/c14-11-3-4-12(16-7-11)8-17-6-5-15-13(9-17)10-1-2-10/h3-4,7,10,13,15H,1-2,5-6,8-9H2. The van der Waals surface area contributed by atoms with Crippen LogP contribution in [0.15, 0.2) is 22.8 Å². The van der Waals surface area contributed by atoms with Crippen LogP contribution in [0.25, 0.3) is 0 Å². The minimum absolute atomic E-state index is 0.721. The highest BCUT2D eigenvalue weighted by atomic mass is 79.9. The molecule has 17 heavy (non-hydrogen) atoms. The SMILES string of the molecule is Brc1ccc(CN2CCNC(C3CC3)C2)nc1. The van der Waals surface area contributed by atoms with Gasteiger partial charge in [-0.25, -0.2) is 0 Å². The Morgan fingerprint density at radius 1 is 1.41 bits per heavy atom. The van der Waals surface area contributed by atoms with Crippen molar-refractivity contribution in [2.24, 2.45) is 5.92 Å². The van der Waals surface area contributed by atoms with Crippen LogP contribution in [0.3, 0.4) is 0 Å². The van der Waals surface area contributed by atoms with E-state index in [-0.39, 0.29) is 0 Å². The van der Waals surface area contributed by atoms with Crippen molar-refractivity contribution in [2.75, 3.05) is 19.6 Å². The summed E-state index contributed by atoms with van der Waals surface area (Å²) in [6.45, 7) is 4.43. The summed E-state index contributed by atoms with van der Waals surface area (Å²) in [5.74, 6) is 0.940. The van der Waals surface area contributed by atoms with Crippen LogP contribution in [0.5, 0.6) is 0 Å². The molecule has 4 heteroatoms. The second kappa shape index (κ2) is 5.04. The van der Waals surface area contributed by atoms with E-state index in [0.717, 1.165) is 36.1 Å². The van der Waals surface area contributed by atoms with Crippen molar-refractivity contribution < 1.29 is 0 Å². The fourth-order valence-electron chi connectivity index (χ4n) is 2.53. The van der Waals surface area contributed by atoms with Gasteiger partial charge in [0.15, 0.2) is 0 Å². The Bertz CT molecular complexity index is 375.